The molecule has 0 spiro atoms. The van der Waals surface area contributed by atoms with Crippen LogP contribution in [0.2, 0.25) is 0 Å². The minimum absolute atomic E-state index is 0.0420. The molecule has 2 N–H and O–H groups in total. The van der Waals surface area contributed by atoms with E-state index in [1.807, 2.05) is 0 Å². The fourth-order valence-electron chi connectivity index (χ4n) is 13.4. The van der Waals surface area contributed by atoms with E-state index < -0.39 is 46.5 Å². The standard InChI is InChI=1S/C38H56N2O8/c1-7-27(41)45-35-17-31(3)15-32(4,18-35)22-37(21-31,25-35)47-29(43)39-13-11-9-10-12-14-40-30(44)48-38-23-33(5)16-34(6,24-38)20-36(19-33,26-38)46-28(42)8-2/h7-8H,1-2,9-26H2,3-6H3,(H,39,43)(H,40,44). The van der Waals surface area contributed by atoms with E-state index in [1.54, 1.807) is 0 Å². The second-order valence-electron chi connectivity index (χ2n) is 18.4. The van der Waals surface area contributed by atoms with Gasteiger partial charge >= 0.3 is 24.1 Å². The highest BCUT2D eigenvalue weighted by molar-refractivity contribution is 5.82. The Morgan fingerprint density at radius 1 is 0.479 bits per heavy atom. The maximum Gasteiger partial charge on any atom is 0.407 e. The Bertz CT molecular complexity index is 1230. The Kier molecular flexibility index (Phi) is 8.55. The van der Waals surface area contributed by atoms with Crippen LogP contribution in [-0.2, 0) is 28.5 Å². The molecule has 8 bridgehead atoms. The first kappa shape index (κ1) is 34.8. The SMILES string of the molecule is C=CC(=O)OC12CC3(C)CC(C)(C1)CC(OC(=O)NCCCCCCNC(=O)OC14CC5(C)CC(C)(CC(OC(=O)C=C)(C5)C1)C4)(C3)C2. The van der Waals surface area contributed by atoms with E-state index in [9.17, 15) is 19.2 Å². The molecule has 10 heteroatoms. The number of alkyl carbamates (subject to hydrolysis) is 2. The molecule has 48 heavy (non-hydrogen) atoms. The zero-order valence-electron chi connectivity index (χ0n) is 29.6. The van der Waals surface area contributed by atoms with Gasteiger partial charge in [-0.2, -0.15) is 0 Å². The van der Waals surface area contributed by atoms with Gasteiger partial charge in [0.1, 0.15) is 22.4 Å². The van der Waals surface area contributed by atoms with Crippen LogP contribution in [0.25, 0.3) is 0 Å². The molecule has 0 saturated heterocycles. The largest absolute Gasteiger partial charge is 0.456 e. The van der Waals surface area contributed by atoms with Gasteiger partial charge in [-0.1, -0.05) is 53.7 Å². The lowest BCUT2D eigenvalue weighted by atomic mass is 9.42. The lowest BCUT2D eigenvalue weighted by Crippen LogP contribution is -2.67. The lowest BCUT2D eigenvalue weighted by molar-refractivity contribution is -0.258. The third-order valence-corrected chi connectivity index (χ3v) is 12.2. The molecule has 4 atom stereocenters. The summed E-state index contributed by atoms with van der Waals surface area (Å²) in [5.41, 5.74) is -2.66. The number of esters is 2. The summed E-state index contributed by atoms with van der Waals surface area (Å²) in [6, 6.07) is 0. The number of hydrogen-bond acceptors (Lipinski definition) is 8. The minimum Gasteiger partial charge on any atom is -0.456 e. The van der Waals surface area contributed by atoms with Gasteiger partial charge in [0.25, 0.3) is 0 Å². The Morgan fingerprint density at radius 3 is 1.06 bits per heavy atom. The maximum atomic E-state index is 13.0. The van der Waals surface area contributed by atoms with Crippen molar-refractivity contribution in [2.45, 2.75) is 153 Å². The topological polar surface area (TPSA) is 129 Å². The average molecular weight is 669 g/mol. The van der Waals surface area contributed by atoms with Crippen molar-refractivity contribution in [3.05, 3.63) is 25.3 Å². The molecule has 10 nitrogen and oxygen atoms in total. The number of amides is 2. The predicted octanol–water partition coefficient (Wildman–Crippen LogP) is 7.20. The molecule has 0 aliphatic heterocycles. The van der Waals surface area contributed by atoms with Gasteiger partial charge in [-0.3, -0.25) is 0 Å². The summed E-state index contributed by atoms with van der Waals surface area (Å²) < 4.78 is 24.3. The van der Waals surface area contributed by atoms with Gasteiger partial charge < -0.3 is 29.6 Å². The summed E-state index contributed by atoms with van der Waals surface area (Å²) in [5.74, 6) is -0.826. The van der Waals surface area contributed by atoms with Crippen LogP contribution >= 0.6 is 0 Å². The maximum absolute atomic E-state index is 13.0. The van der Waals surface area contributed by atoms with Crippen molar-refractivity contribution in [3.63, 3.8) is 0 Å². The van der Waals surface area contributed by atoms with E-state index in [1.165, 1.54) is 12.2 Å². The fraction of sp³-hybridized carbons (Fsp3) is 0.789. The summed E-state index contributed by atoms with van der Waals surface area (Å²) in [7, 11) is 0. The fourth-order valence-corrected chi connectivity index (χ4v) is 13.4. The van der Waals surface area contributed by atoms with Crippen LogP contribution in [0, 0.1) is 21.7 Å². The van der Waals surface area contributed by atoms with Gasteiger partial charge in [0.15, 0.2) is 0 Å². The van der Waals surface area contributed by atoms with Crippen molar-refractivity contribution >= 4 is 24.1 Å². The Labute approximate surface area is 285 Å². The molecule has 0 aromatic rings. The van der Waals surface area contributed by atoms with Crippen LogP contribution in [0.3, 0.4) is 0 Å². The number of hydrogen-bond donors (Lipinski definition) is 2. The van der Waals surface area contributed by atoms with E-state index in [-0.39, 0.29) is 21.7 Å². The number of rotatable bonds is 13. The molecule has 0 aromatic carbocycles. The number of ether oxygens (including phenoxy) is 4. The Morgan fingerprint density at radius 2 is 0.771 bits per heavy atom. The molecule has 0 aromatic heterocycles. The molecule has 8 saturated carbocycles. The Balaban J connectivity index is 0.904. The van der Waals surface area contributed by atoms with Gasteiger partial charge in [-0.05, 0) is 98.7 Å². The van der Waals surface area contributed by atoms with Crippen LogP contribution in [0.15, 0.2) is 25.3 Å². The average Bonchev–Trinajstić information content (AvgIpc) is 2.89. The number of unbranched alkanes of at least 4 members (excludes halogenated alkanes) is 3. The molecule has 0 heterocycles. The quantitative estimate of drug-likeness (QED) is 0.0913. The van der Waals surface area contributed by atoms with Gasteiger partial charge in [0.2, 0.25) is 0 Å². The normalized spacial score (nSPS) is 42.8. The number of carbonyl (C=O) groups is 4. The molecule has 266 valence electrons. The van der Waals surface area contributed by atoms with Crippen molar-refractivity contribution in [1.29, 1.82) is 0 Å². The van der Waals surface area contributed by atoms with Crippen molar-refractivity contribution in [1.82, 2.24) is 10.6 Å². The zero-order valence-corrected chi connectivity index (χ0v) is 29.6. The van der Waals surface area contributed by atoms with Crippen LogP contribution in [-0.4, -0.2) is 59.6 Å². The summed E-state index contributed by atoms with van der Waals surface area (Å²) in [4.78, 5) is 50.4. The van der Waals surface area contributed by atoms with Gasteiger partial charge in [0, 0.05) is 38.1 Å². The van der Waals surface area contributed by atoms with Crippen LogP contribution in [0.5, 0.6) is 0 Å². The predicted molar refractivity (Wildman–Crippen MR) is 179 cm³/mol. The number of carbonyl (C=O) groups excluding carboxylic acids is 4. The third kappa shape index (κ3) is 7.00. The second kappa shape index (κ2) is 11.8. The van der Waals surface area contributed by atoms with Crippen LogP contribution in [0.1, 0.15) is 130 Å². The molecule has 8 rings (SSSR count). The first-order valence-corrected chi connectivity index (χ1v) is 18.0. The number of nitrogens with one attached hydrogen (secondary N) is 2. The third-order valence-electron chi connectivity index (χ3n) is 12.2. The minimum atomic E-state index is -0.633. The van der Waals surface area contributed by atoms with Crippen LogP contribution in [0.4, 0.5) is 9.59 Å². The Hall–Kier alpha value is -3.04. The molecular weight excluding hydrogens is 612 g/mol. The van der Waals surface area contributed by atoms with Crippen molar-refractivity contribution in [2.24, 2.45) is 21.7 Å². The van der Waals surface area contributed by atoms with E-state index in [4.69, 9.17) is 18.9 Å². The summed E-state index contributed by atoms with van der Waals surface area (Å²) >= 11 is 0. The molecule has 8 aliphatic rings. The second-order valence-corrected chi connectivity index (χ2v) is 18.4. The van der Waals surface area contributed by atoms with Gasteiger partial charge in [-0.15, -0.1) is 0 Å². The lowest BCUT2D eigenvalue weighted by Gasteiger charge is -2.67. The van der Waals surface area contributed by atoms with Crippen molar-refractivity contribution in [2.75, 3.05) is 13.1 Å². The molecular formula is C38H56N2O8. The van der Waals surface area contributed by atoms with Gasteiger partial charge in [0.05, 0.1) is 0 Å². The zero-order chi connectivity index (χ0) is 34.7. The highest BCUT2D eigenvalue weighted by Crippen LogP contribution is 2.71. The molecule has 4 unspecified atom stereocenters. The van der Waals surface area contributed by atoms with Gasteiger partial charge in [-0.25, -0.2) is 19.2 Å². The first-order chi connectivity index (χ1) is 22.4. The van der Waals surface area contributed by atoms with E-state index in [0.717, 1.165) is 89.9 Å². The van der Waals surface area contributed by atoms with Crippen molar-refractivity contribution < 1.29 is 38.1 Å². The van der Waals surface area contributed by atoms with E-state index in [2.05, 4.69) is 51.5 Å². The molecule has 0 radical (unpaired) electrons. The summed E-state index contributed by atoms with van der Waals surface area (Å²) in [6.07, 6.45) is 14.5. The van der Waals surface area contributed by atoms with Crippen LogP contribution < -0.4 is 10.6 Å². The highest BCUT2D eigenvalue weighted by Gasteiger charge is 2.70. The smallest absolute Gasteiger partial charge is 0.407 e. The first-order valence-electron chi connectivity index (χ1n) is 18.0. The van der Waals surface area contributed by atoms with E-state index in [0.29, 0.717) is 25.9 Å². The molecule has 8 aliphatic carbocycles. The molecule has 2 amide bonds. The highest BCUT2D eigenvalue weighted by atomic mass is 16.6. The van der Waals surface area contributed by atoms with Crippen molar-refractivity contribution in [3.8, 4) is 0 Å². The molecule has 8 fully saturated rings. The summed E-state index contributed by atoms with van der Waals surface area (Å²) in [5, 5.41) is 5.88. The van der Waals surface area contributed by atoms with E-state index >= 15 is 0 Å². The monoisotopic (exact) mass is 668 g/mol. The summed E-state index contributed by atoms with van der Waals surface area (Å²) in [6.45, 7) is 17.1.